The van der Waals surface area contributed by atoms with Gasteiger partial charge in [-0.15, -0.1) is 0 Å². The van der Waals surface area contributed by atoms with Crippen molar-refractivity contribution in [2.24, 2.45) is 0 Å². The van der Waals surface area contributed by atoms with Crippen molar-refractivity contribution in [3.8, 4) is 0 Å². The van der Waals surface area contributed by atoms with Gasteiger partial charge in [0.15, 0.2) is 5.11 Å². The third-order valence-corrected chi connectivity index (χ3v) is 5.52. The first-order valence-electron chi connectivity index (χ1n) is 9.11. The number of thiocarbonyl (C=S) groups is 1. The first-order chi connectivity index (χ1) is 14.3. The van der Waals surface area contributed by atoms with Gasteiger partial charge in [-0.05, 0) is 54.2 Å². The van der Waals surface area contributed by atoms with E-state index >= 15 is 0 Å². The van der Waals surface area contributed by atoms with Gasteiger partial charge in [0.1, 0.15) is 6.04 Å². The second kappa shape index (κ2) is 9.23. The molecule has 0 aromatic heterocycles. The van der Waals surface area contributed by atoms with Gasteiger partial charge in [-0.2, -0.15) is 0 Å². The average Bonchev–Trinajstić information content (AvgIpc) is 2.93. The molecule has 0 bridgehead atoms. The van der Waals surface area contributed by atoms with Gasteiger partial charge in [-0.3, -0.25) is 14.5 Å². The van der Waals surface area contributed by atoms with Crippen molar-refractivity contribution in [1.82, 2.24) is 9.80 Å². The van der Waals surface area contributed by atoms with Gasteiger partial charge in [0.05, 0.1) is 19.1 Å². The van der Waals surface area contributed by atoms with E-state index in [9.17, 15) is 14.4 Å². The molecule has 0 aliphatic carbocycles. The Bertz CT molecular complexity index is 979. The molecule has 0 saturated carbocycles. The number of ether oxygens (including phenoxy) is 1. The summed E-state index contributed by atoms with van der Waals surface area (Å²) in [5.74, 6) is -1.03. The number of hydrogen-bond acceptors (Lipinski definition) is 5. The maximum atomic E-state index is 12.7. The standard InChI is InChI=1S/C21H20ClN3O4S/c1-24-19(27)17(25(21(24)30)12-13-3-7-15(22)8-4-13)11-18(26)23-16-9-5-14(6-10-16)20(28)29-2/h3-10,17H,11-12H2,1-2H3,(H,23,26)/t17-/m0/s1. The van der Waals surface area contributed by atoms with Gasteiger partial charge in [0, 0.05) is 24.3 Å². The molecule has 2 aromatic rings. The van der Waals surface area contributed by atoms with Crippen molar-refractivity contribution in [3.63, 3.8) is 0 Å². The summed E-state index contributed by atoms with van der Waals surface area (Å²) in [5.41, 5.74) is 1.81. The van der Waals surface area contributed by atoms with Crippen LogP contribution in [0.4, 0.5) is 5.69 Å². The first-order valence-corrected chi connectivity index (χ1v) is 9.89. The molecule has 0 spiro atoms. The lowest BCUT2D eigenvalue weighted by atomic mass is 10.1. The maximum Gasteiger partial charge on any atom is 0.337 e. The minimum Gasteiger partial charge on any atom is -0.465 e. The monoisotopic (exact) mass is 445 g/mol. The molecule has 1 N–H and O–H groups in total. The van der Waals surface area contributed by atoms with Gasteiger partial charge in [0.2, 0.25) is 5.91 Å². The van der Waals surface area contributed by atoms with Crippen molar-refractivity contribution in [2.45, 2.75) is 19.0 Å². The van der Waals surface area contributed by atoms with Gasteiger partial charge in [-0.25, -0.2) is 4.79 Å². The van der Waals surface area contributed by atoms with Crippen molar-refractivity contribution >= 4 is 52.4 Å². The second-order valence-electron chi connectivity index (χ2n) is 6.77. The van der Waals surface area contributed by atoms with E-state index in [0.717, 1.165) is 5.56 Å². The van der Waals surface area contributed by atoms with E-state index in [1.165, 1.54) is 12.0 Å². The number of esters is 1. The minimum atomic E-state index is -0.701. The van der Waals surface area contributed by atoms with Crippen LogP contribution in [0.3, 0.4) is 0 Å². The Morgan fingerprint density at radius 3 is 2.37 bits per heavy atom. The zero-order chi connectivity index (χ0) is 21.8. The summed E-state index contributed by atoms with van der Waals surface area (Å²) in [6, 6.07) is 12.8. The van der Waals surface area contributed by atoms with Crippen molar-refractivity contribution in [1.29, 1.82) is 0 Å². The number of halogens is 1. The van der Waals surface area contributed by atoms with Crippen LogP contribution in [0.5, 0.6) is 0 Å². The normalized spacial score (nSPS) is 16.0. The van der Waals surface area contributed by atoms with Crippen LogP contribution >= 0.6 is 23.8 Å². The van der Waals surface area contributed by atoms with Crippen LogP contribution in [0.1, 0.15) is 22.3 Å². The molecule has 2 amide bonds. The highest BCUT2D eigenvalue weighted by Crippen LogP contribution is 2.23. The number of carbonyl (C=O) groups is 3. The number of carbonyl (C=O) groups excluding carboxylic acids is 3. The smallest absolute Gasteiger partial charge is 0.337 e. The molecular weight excluding hydrogens is 426 g/mol. The fourth-order valence-corrected chi connectivity index (χ4v) is 3.54. The average molecular weight is 446 g/mol. The fourth-order valence-electron chi connectivity index (χ4n) is 3.13. The number of methoxy groups -OCH3 is 1. The number of hydrogen-bond donors (Lipinski definition) is 1. The van der Waals surface area contributed by atoms with Crippen LogP contribution in [0.25, 0.3) is 0 Å². The zero-order valence-electron chi connectivity index (χ0n) is 16.4. The molecular formula is C21H20ClN3O4S. The summed E-state index contributed by atoms with van der Waals surface area (Å²) in [4.78, 5) is 39.9. The van der Waals surface area contributed by atoms with E-state index in [1.54, 1.807) is 48.3 Å². The van der Waals surface area contributed by atoms with E-state index in [0.29, 0.717) is 27.9 Å². The SMILES string of the molecule is COC(=O)c1ccc(NC(=O)C[C@H]2C(=O)N(C)C(=S)N2Cc2ccc(Cl)cc2)cc1. The Balaban J connectivity index is 1.69. The van der Waals surface area contributed by atoms with Crippen LogP contribution in [-0.2, 0) is 20.9 Å². The lowest BCUT2D eigenvalue weighted by Crippen LogP contribution is -2.37. The van der Waals surface area contributed by atoms with Crippen LogP contribution < -0.4 is 5.32 Å². The Morgan fingerprint density at radius 2 is 1.77 bits per heavy atom. The largest absolute Gasteiger partial charge is 0.465 e. The highest BCUT2D eigenvalue weighted by molar-refractivity contribution is 7.80. The number of likely N-dealkylation sites (N-methyl/N-ethyl adjacent to an activating group) is 1. The van der Waals surface area contributed by atoms with E-state index in [4.69, 9.17) is 23.8 Å². The summed E-state index contributed by atoms with van der Waals surface area (Å²) in [6.07, 6.45) is -0.0599. The molecule has 3 rings (SSSR count). The van der Waals surface area contributed by atoms with Gasteiger partial charge in [-0.1, -0.05) is 23.7 Å². The van der Waals surface area contributed by atoms with Crippen LogP contribution in [0.15, 0.2) is 48.5 Å². The topological polar surface area (TPSA) is 78.9 Å². The van der Waals surface area contributed by atoms with Crippen molar-refractivity contribution in [3.05, 3.63) is 64.7 Å². The molecule has 1 aliphatic rings. The Labute approximate surface area is 184 Å². The molecule has 1 aliphatic heterocycles. The predicted octanol–water partition coefficient (Wildman–Crippen LogP) is 3.08. The summed E-state index contributed by atoms with van der Waals surface area (Å²) in [5, 5.41) is 3.73. The predicted molar refractivity (Wildman–Crippen MR) is 117 cm³/mol. The third-order valence-electron chi connectivity index (χ3n) is 4.76. The molecule has 30 heavy (non-hydrogen) atoms. The fraction of sp³-hybridized carbons (Fsp3) is 0.238. The number of nitrogens with one attached hydrogen (secondary N) is 1. The summed E-state index contributed by atoms with van der Waals surface area (Å²) in [7, 11) is 2.90. The molecule has 1 heterocycles. The molecule has 1 fully saturated rings. The lowest BCUT2D eigenvalue weighted by Gasteiger charge is -2.23. The summed E-state index contributed by atoms with van der Waals surface area (Å²) < 4.78 is 4.65. The quantitative estimate of drug-likeness (QED) is 0.543. The molecule has 2 aromatic carbocycles. The molecule has 7 nitrogen and oxygen atoms in total. The maximum absolute atomic E-state index is 12.7. The first kappa shape index (κ1) is 21.7. The van der Waals surface area contributed by atoms with Gasteiger partial charge >= 0.3 is 5.97 Å². The molecule has 1 atom stereocenters. The number of nitrogens with zero attached hydrogens (tertiary/aromatic N) is 2. The number of benzene rings is 2. The third kappa shape index (κ3) is 4.77. The van der Waals surface area contributed by atoms with Gasteiger partial charge < -0.3 is 15.0 Å². The highest BCUT2D eigenvalue weighted by atomic mass is 35.5. The Hall–Kier alpha value is -2.97. The molecule has 156 valence electrons. The Morgan fingerprint density at radius 1 is 1.13 bits per heavy atom. The molecule has 0 unspecified atom stereocenters. The zero-order valence-corrected chi connectivity index (χ0v) is 18.0. The van der Waals surface area contributed by atoms with Crippen molar-refractivity contribution < 1.29 is 19.1 Å². The molecule has 0 radical (unpaired) electrons. The number of anilines is 1. The minimum absolute atomic E-state index is 0.0599. The summed E-state index contributed by atoms with van der Waals surface area (Å²) in [6.45, 7) is 0.387. The Kier molecular flexibility index (Phi) is 6.69. The number of rotatable bonds is 6. The van der Waals surface area contributed by atoms with Crippen LogP contribution in [-0.4, -0.2) is 52.9 Å². The van der Waals surface area contributed by atoms with E-state index in [1.807, 2.05) is 12.1 Å². The van der Waals surface area contributed by atoms with E-state index in [2.05, 4.69) is 10.1 Å². The second-order valence-corrected chi connectivity index (χ2v) is 7.57. The van der Waals surface area contributed by atoms with Gasteiger partial charge in [0.25, 0.3) is 5.91 Å². The molecule has 9 heteroatoms. The number of amides is 2. The van der Waals surface area contributed by atoms with Crippen LogP contribution in [0, 0.1) is 0 Å². The van der Waals surface area contributed by atoms with Crippen LogP contribution in [0.2, 0.25) is 5.02 Å². The lowest BCUT2D eigenvalue weighted by molar-refractivity contribution is -0.130. The van der Waals surface area contributed by atoms with E-state index < -0.39 is 12.0 Å². The van der Waals surface area contributed by atoms with Crippen molar-refractivity contribution in [2.75, 3.05) is 19.5 Å². The molecule has 1 saturated heterocycles. The summed E-state index contributed by atoms with van der Waals surface area (Å²) >= 11 is 11.3. The highest BCUT2D eigenvalue weighted by Gasteiger charge is 2.41. The van der Waals surface area contributed by atoms with E-state index in [-0.39, 0.29) is 18.2 Å².